The molecule has 0 spiro atoms. The molecule has 0 aromatic carbocycles. The van der Waals surface area contributed by atoms with Gasteiger partial charge in [0.2, 0.25) is 0 Å². The van der Waals surface area contributed by atoms with E-state index in [1.165, 1.54) is 426 Å². The van der Waals surface area contributed by atoms with Crippen molar-refractivity contribution in [3.05, 3.63) is 24.3 Å². The van der Waals surface area contributed by atoms with E-state index in [2.05, 4.69) is 83.4 Å². The van der Waals surface area contributed by atoms with Crippen LogP contribution in [0.4, 0.5) is 0 Å². The van der Waals surface area contributed by atoms with Gasteiger partial charge < -0.3 is 14.7 Å². The minimum Gasteiger partial charge on any atom is -0.302 e. The summed E-state index contributed by atoms with van der Waals surface area (Å²) in [5.41, 5.74) is 0. The standard InChI is InChI=1S/C76H153N5/c1-6-11-16-21-26-31-36-37-38-39-40-41-46-50-55-60-65-78(64-59-54-49-44-34-29-24-19-14-9-4)68-71-80-73-75-81(76-74-80)72-70-79(66-61-56-51-45-35-30-25-20-15-10-5)69-67-77(62-57-52-47-42-32-27-22-17-12-7-2)63-58-53-48-43-33-28-23-18-13-8-3/h26,31,37-38H,6-25,27-30,32-36,39-76H2,1-5H3/b31-26-,38-37-. The van der Waals surface area contributed by atoms with Crippen LogP contribution < -0.4 is 0 Å². The minimum absolute atomic E-state index is 1.12. The summed E-state index contributed by atoms with van der Waals surface area (Å²) in [6.45, 7) is 30.9. The van der Waals surface area contributed by atoms with Crippen LogP contribution >= 0.6 is 0 Å². The number of piperazine rings is 1. The van der Waals surface area contributed by atoms with Crippen LogP contribution in [0.1, 0.15) is 369 Å². The number of allylic oxidation sites excluding steroid dienone is 4. The van der Waals surface area contributed by atoms with Crippen molar-refractivity contribution < 1.29 is 0 Å². The molecular formula is C76H153N5. The maximum absolute atomic E-state index is 2.93. The molecule has 0 aliphatic carbocycles. The van der Waals surface area contributed by atoms with E-state index in [4.69, 9.17) is 0 Å². The van der Waals surface area contributed by atoms with Gasteiger partial charge in [0.05, 0.1) is 0 Å². The molecule has 5 heteroatoms. The lowest BCUT2D eigenvalue weighted by Crippen LogP contribution is -2.50. The average Bonchev–Trinajstić information content (AvgIpc) is 3.48. The predicted molar refractivity (Wildman–Crippen MR) is 369 cm³/mol. The average molecular weight is 1140 g/mol. The summed E-state index contributed by atoms with van der Waals surface area (Å²) >= 11 is 0. The van der Waals surface area contributed by atoms with Crippen LogP contribution in [0.3, 0.4) is 0 Å². The molecule has 0 aromatic heterocycles. The van der Waals surface area contributed by atoms with E-state index in [1.807, 2.05) is 0 Å². The van der Waals surface area contributed by atoms with E-state index in [0.29, 0.717) is 0 Å². The monoisotopic (exact) mass is 1140 g/mol. The second-order valence-corrected chi connectivity index (χ2v) is 26.5. The zero-order valence-electron chi connectivity index (χ0n) is 56.9. The van der Waals surface area contributed by atoms with Crippen molar-refractivity contribution in [2.24, 2.45) is 0 Å². The van der Waals surface area contributed by atoms with Crippen molar-refractivity contribution in [3.8, 4) is 0 Å². The Balaban J connectivity index is 2.72. The molecule has 1 aliphatic heterocycles. The van der Waals surface area contributed by atoms with E-state index in [1.54, 1.807) is 0 Å². The van der Waals surface area contributed by atoms with Crippen molar-refractivity contribution >= 4 is 0 Å². The van der Waals surface area contributed by atoms with Crippen molar-refractivity contribution in [1.29, 1.82) is 0 Å². The lowest BCUT2D eigenvalue weighted by atomic mass is 10.1. The summed E-state index contributed by atoms with van der Waals surface area (Å²) in [6.07, 6.45) is 83.1. The molecule has 0 bridgehead atoms. The normalized spacial score (nSPS) is 13.8. The number of rotatable bonds is 68. The van der Waals surface area contributed by atoms with Gasteiger partial charge >= 0.3 is 0 Å². The van der Waals surface area contributed by atoms with Gasteiger partial charge in [0.1, 0.15) is 0 Å². The summed E-state index contributed by atoms with van der Waals surface area (Å²) in [7, 11) is 0. The van der Waals surface area contributed by atoms with Crippen molar-refractivity contribution in [3.63, 3.8) is 0 Å². The highest BCUT2D eigenvalue weighted by Gasteiger charge is 2.19. The molecule has 1 heterocycles. The third-order valence-corrected chi connectivity index (χ3v) is 18.6. The fourth-order valence-electron chi connectivity index (χ4n) is 12.7. The first-order valence-corrected chi connectivity index (χ1v) is 38.1. The van der Waals surface area contributed by atoms with Crippen LogP contribution in [-0.4, -0.2) is 123 Å². The van der Waals surface area contributed by atoms with Gasteiger partial charge in [-0.2, -0.15) is 0 Å². The zero-order chi connectivity index (χ0) is 58.1. The van der Waals surface area contributed by atoms with Crippen molar-refractivity contribution in [1.82, 2.24) is 24.5 Å². The molecule has 0 amide bonds. The quantitative estimate of drug-likeness (QED) is 0.0444. The van der Waals surface area contributed by atoms with Gasteiger partial charge in [-0.15, -0.1) is 0 Å². The Morgan fingerprint density at radius 1 is 0.210 bits per heavy atom. The second-order valence-electron chi connectivity index (χ2n) is 26.5. The Labute approximate surface area is 513 Å². The molecule has 1 aliphatic rings. The van der Waals surface area contributed by atoms with Gasteiger partial charge in [-0.3, -0.25) is 9.80 Å². The van der Waals surface area contributed by atoms with E-state index >= 15 is 0 Å². The van der Waals surface area contributed by atoms with Crippen molar-refractivity contribution in [2.75, 3.05) is 98.2 Å². The van der Waals surface area contributed by atoms with E-state index in [-0.39, 0.29) is 0 Å². The molecule has 1 saturated heterocycles. The van der Waals surface area contributed by atoms with Gasteiger partial charge in [-0.05, 0) is 96.9 Å². The molecular weight excluding hydrogens is 983 g/mol. The summed E-state index contributed by atoms with van der Waals surface area (Å²) in [4.78, 5) is 14.4. The highest BCUT2D eigenvalue weighted by Crippen LogP contribution is 2.17. The SMILES string of the molecule is CCCCC/C=C\C/C=C\CCCCCCCCN(CCCCCCCCCCCC)CCN1CCN(CCN(CCCCCCCCCCCC)CCN(CCCCCCCCCCCC)CCCCCCCCCCCC)CC1. The van der Waals surface area contributed by atoms with Crippen LogP contribution in [-0.2, 0) is 0 Å². The molecule has 81 heavy (non-hydrogen) atoms. The van der Waals surface area contributed by atoms with Gasteiger partial charge in [0.15, 0.2) is 0 Å². The van der Waals surface area contributed by atoms with Crippen LogP contribution in [0.2, 0.25) is 0 Å². The Morgan fingerprint density at radius 2 is 0.407 bits per heavy atom. The first-order chi connectivity index (χ1) is 40.2. The Kier molecular flexibility index (Phi) is 64.6. The van der Waals surface area contributed by atoms with Crippen LogP contribution in [0.15, 0.2) is 24.3 Å². The Hall–Kier alpha value is -0.720. The first kappa shape index (κ1) is 78.3. The number of unbranched alkanes of at least 4 members (excludes halogenated alkanes) is 45. The summed E-state index contributed by atoms with van der Waals surface area (Å²) in [5, 5.41) is 0. The van der Waals surface area contributed by atoms with Crippen LogP contribution in [0.25, 0.3) is 0 Å². The summed E-state index contributed by atoms with van der Waals surface area (Å²) in [6, 6.07) is 0. The summed E-state index contributed by atoms with van der Waals surface area (Å²) in [5.74, 6) is 0. The third-order valence-electron chi connectivity index (χ3n) is 18.6. The first-order valence-electron chi connectivity index (χ1n) is 38.1. The van der Waals surface area contributed by atoms with E-state index in [0.717, 1.165) is 6.42 Å². The van der Waals surface area contributed by atoms with Crippen LogP contribution in [0.5, 0.6) is 0 Å². The minimum atomic E-state index is 1.12. The lowest BCUT2D eigenvalue weighted by Gasteiger charge is -2.37. The smallest absolute Gasteiger partial charge is 0.0110 e. The Morgan fingerprint density at radius 3 is 0.679 bits per heavy atom. The third kappa shape index (κ3) is 58.1. The van der Waals surface area contributed by atoms with Gasteiger partial charge in [-0.1, -0.05) is 329 Å². The predicted octanol–water partition coefficient (Wildman–Crippen LogP) is 23.0. The molecule has 0 N–H and O–H groups in total. The highest BCUT2D eigenvalue weighted by atomic mass is 15.3. The van der Waals surface area contributed by atoms with Crippen LogP contribution in [0, 0.1) is 0 Å². The second kappa shape index (κ2) is 66.8. The molecule has 0 aromatic rings. The van der Waals surface area contributed by atoms with E-state index < -0.39 is 0 Å². The Bertz CT molecular complexity index is 1190. The van der Waals surface area contributed by atoms with Gasteiger partial charge in [0.25, 0.3) is 0 Å². The zero-order valence-corrected chi connectivity index (χ0v) is 56.9. The fraction of sp³-hybridized carbons (Fsp3) is 0.947. The maximum Gasteiger partial charge on any atom is 0.0110 e. The molecule has 0 atom stereocenters. The maximum atomic E-state index is 2.93. The lowest BCUT2D eigenvalue weighted by molar-refractivity contribution is 0.104. The van der Waals surface area contributed by atoms with Gasteiger partial charge in [-0.25, -0.2) is 0 Å². The highest BCUT2D eigenvalue weighted by molar-refractivity contribution is 4.92. The molecule has 5 nitrogen and oxygen atoms in total. The molecule has 1 rings (SSSR count). The molecule has 482 valence electrons. The van der Waals surface area contributed by atoms with E-state index in [9.17, 15) is 0 Å². The molecule has 1 fully saturated rings. The van der Waals surface area contributed by atoms with Gasteiger partial charge in [0, 0.05) is 65.4 Å². The molecule has 0 saturated carbocycles. The summed E-state index contributed by atoms with van der Waals surface area (Å²) < 4.78 is 0. The number of hydrogen-bond donors (Lipinski definition) is 0. The number of hydrogen-bond acceptors (Lipinski definition) is 5. The van der Waals surface area contributed by atoms with Crippen molar-refractivity contribution in [2.45, 2.75) is 369 Å². The molecule has 0 unspecified atom stereocenters. The topological polar surface area (TPSA) is 16.2 Å². The molecule has 0 radical (unpaired) electrons. The fourth-order valence-corrected chi connectivity index (χ4v) is 12.7. The number of nitrogens with zero attached hydrogens (tertiary/aromatic N) is 5. The largest absolute Gasteiger partial charge is 0.302 e.